The third-order valence-corrected chi connectivity index (χ3v) is 1.85. The van der Waals surface area contributed by atoms with Crippen LogP contribution in [0.15, 0.2) is 18.2 Å². The van der Waals surface area contributed by atoms with Crippen molar-refractivity contribution in [3.05, 3.63) is 38.9 Å². The number of rotatable bonds is 3. The predicted molar refractivity (Wildman–Crippen MR) is 47.9 cm³/mol. The fourth-order valence-corrected chi connectivity index (χ4v) is 1.11. The first-order valence-electron chi connectivity index (χ1n) is 3.51. The molecule has 0 unspecified atom stereocenters. The van der Waals surface area contributed by atoms with E-state index in [-0.39, 0.29) is 17.1 Å². The maximum Gasteiger partial charge on any atom is 0.288 e. The number of carbonyl (C=O) groups is 1. The number of nitro groups is 1. The van der Waals surface area contributed by atoms with E-state index in [0.29, 0.717) is 11.8 Å². The second-order valence-corrected chi connectivity index (χ2v) is 2.82. The summed E-state index contributed by atoms with van der Waals surface area (Å²) in [6, 6.07) is 4.30. The Kier molecular flexibility index (Phi) is 2.97. The lowest BCUT2D eigenvalue weighted by atomic mass is 10.1. The van der Waals surface area contributed by atoms with E-state index in [2.05, 4.69) is 0 Å². The fraction of sp³-hybridized carbons (Fsp3) is 0.125. The van der Waals surface area contributed by atoms with Crippen molar-refractivity contribution in [1.29, 1.82) is 0 Å². The van der Waals surface area contributed by atoms with Crippen LogP contribution in [0, 0.1) is 10.1 Å². The maximum atomic E-state index is 10.4. The Labute approximate surface area is 79.3 Å². The number of carbonyl (C=O) groups excluding carboxylic acids is 1. The van der Waals surface area contributed by atoms with Gasteiger partial charge < -0.3 is 4.79 Å². The van der Waals surface area contributed by atoms with Crippen LogP contribution in [-0.2, 0) is 11.2 Å². The van der Waals surface area contributed by atoms with Gasteiger partial charge in [-0.15, -0.1) is 0 Å². The van der Waals surface area contributed by atoms with Gasteiger partial charge in [-0.3, -0.25) is 10.1 Å². The number of nitro benzene ring substituents is 1. The minimum atomic E-state index is -0.573. The van der Waals surface area contributed by atoms with Crippen molar-refractivity contribution in [3.63, 3.8) is 0 Å². The van der Waals surface area contributed by atoms with Crippen molar-refractivity contribution >= 4 is 23.6 Å². The first-order valence-corrected chi connectivity index (χ1v) is 3.89. The van der Waals surface area contributed by atoms with Gasteiger partial charge in [0.2, 0.25) is 0 Å². The summed E-state index contributed by atoms with van der Waals surface area (Å²) < 4.78 is 0. The van der Waals surface area contributed by atoms with E-state index in [4.69, 9.17) is 11.6 Å². The lowest BCUT2D eigenvalue weighted by Gasteiger charge is -1.97. The highest BCUT2D eigenvalue weighted by Crippen LogP contribution is 2.24. The van der Waals surface area contributed by atoms with Crippen LogP contribution >= 0.6 is 11.6 Å². The van der Waals surface area contributed by atoms with Gasteiger partial charge in [-0.1, -0.05) is 17.7 Å². The van der Waals surface area contributed by atoms with E-state index >= 15 is 0 Å². The molecule has 68 valence electrons. The monoisotopic (exact) mass is 199 g/mol. The Bertz CT molecular complexity index is 351. The molecule has 0 amide bonds. The molecule has 1 rings (SSSR count). The number of benzene rings is 1. The standard InChI is InChI=1S/C8H6ClNO3/c9-7-2-1-6(3-4-11)5-8(7)10(12)13/h1-2,4-5H,3H2. The van der Waals surface area contributed by atoms with Crippen molar-refractivity contribution in [2.24, 2.45) is 0 Å². The number of nitrogens with zero attached hydrogens (tertiary/aromatic N) is 1. The van der Waals surface area contributed by atoms with E-state index in [0.717, 1.165) is 0 Å². The highest BCUT2D eigenvalue weighted by atomic mass is 35.5. The smallest absolute Gasteiger partial charge is 0.288 e. The van der Waals surface area contributed by atoms with Crippen LogP contribution in [0.4, 0.5) is 5.69 Å². The van der Waals surface area contributed by atoms with Crippen molar-refractivity contribution in [2.45, 2.75) is 6.42 Å². The quantitative estimate of drug-likeness (QED) is 0.425. The summed E-state index contributed by atoms with van der Waals surface area (Å²) >= 11 is 5.56. The largest absolute Gasteiger partial charge is 0.303 e. The third-order valence-electron chi connectivity index (χ3n) is 1.53. The van der Waals surface area contributed by atoms with Crippen LogP contribution in [0.5, 0.6) is 0 Å². The van der Waals surface area contributed by atoms with Gasteiger partial charge in [-0.2, -0.15) is 0 Å². The summed E-state index contributed by atoms with van der Waals surface area (Å²) in [7, 11) is 0. The number of aldehydes is 1. The minimum Gasteiger partial charge on any atom is -0.303 e. The molecule has 0 fully saturated rings. The van der Waals surface area contributed by atoms with Gasteiger partial charge in [0.05, 0.1) is 4.92 Å². The Morgan fingerprint density at radius 3 is 2.77 bits per heavy atom. The van der Waals surface area contributed by atoms with Crippen molar-refractivity contribution in [1.82, 2.24) is 0 Å². The van der Waals surface area contributed by atoms with Crippen LogP contribution in [0.25, 0.3) is 0 Å². The SMILES string of the molecule is O=CCc1ccc(Cl)c([N+](=O)[O-])c1. The van der Waals surface area contributed by atoms with E-state index in [1.807, 2.05) is 0 Å². The highest BCUT2D eigenvalue weighted by molar-refractivity contribution is 6.32. The second-order valence-electron chi connectivity index (χ2n) is 2.41. The van der Waals surface area contributed by atoms with E-state index < -0.39 is 4.92 Å². The fourth-order valence-electron chi connectivity index (χ4n) is 0.921. The van der Waals surface area contributed by atoms with Crippen molar-refractivity contribution in [3.8, 4) is 0 Å². The first kappa shape index (κ1) is 9.67. The van der Waals surface area contributed by atoms with E-state index in [1.165, 1.54) is 12.1 Å². The van der Waals surface area contributed by atoms with Gasteiger partial charge in [-0.05, 0) is 11.6 Å². The van der Waals surface area contributed by atoms with Gasteiger partial charge in [0, 0.05) is 12.5 Å². The van der Waals surface area contributed by atoms with Gasteiger partial charge >= 0.3 is 0 Å². The molecule has 0 spiro atoms. The molecule has 0 saturated carbocycles. The molecule has 4 nitrogen and oxygen atoms in total. The summed E-state index contributed by atoms with van der Waals surface area (Å²) in [5.41, 5.74) is 0.423. The molecule has 0 atom stereocenters. The van der Waals surface area contributed by atoms with Gasteiger partial charge in [0.15, 0.2) is 0 Å². The summed E-state index contributed by atoms with van der Waals surface area (Å²) in [5.74, 6) is 0. The molecule has 0 radical (unpaired) electrons. The number of hydrogen-bond acceptors (Lipinski definition) is 3. The summed E-state index contributed by atoms with van der Waals surface area (Å²) in [6.45, 7) is 0. The first-order chi connectivity index (χ1) is 6.15. The molecule has 0 saturated heterocycles. The van der Waals surface area contributed by atoms with Crippen LogP contribution in [0.1, 0.15) is 5.56 Å². The lowest BCUT2D eigenvalue weighted by Crippen LogP contribution is -1.92. The molecule has 0 aliphatic rings. The minimum absolute atomic E-state index is 0.0830. The molecule has 13 heavy (non-hydrogen) atoms. The molecule has 1 aromatic rings. The molecule has 0 heterocycles. The average Bonchev–Trinajstić information content (AvgIpc) is 2.08. The Balaban J connectivity index is 3.10. The van der Waals surface area contributed by atoms with Gasteiger partial charge in [0.25, 0.3) is 5.69 Å². The molecule has 0 bridgehead atoms. The van der Waals surface area contributed by atoms with E-state index in [9.17, 15) is 14.9 Å². The van der Waals surface area contributed by atoms with Gasteiger partial charge in [-0.25, -0.2) is 0 Å². The Morgan fingerprint density at radius 2 is 2.23 bits per heavy atom. The highest BCUT2D eigenvalue weighted by Gasteiger charge is 2.11. The maximum absolute atomic E-state index is 10.4. The average molecular weight is 200 g/mol. The lowest BCUT2D eigenvalue weighted by molar-refractivity contribution is -0.384. The number of hydrogen-bond donors (Lipinski definition) is 0. The topological polar surface area (TPSA) is 60.2 Å². The van der Waals surface area contributed by atoms with Crippen LogP contribution in [0.2, 0.25) is 5.02 Å². The number of halogens is 1. The second kappa shape index (κ2) is 4.00. The van der Waals surface area contributed by atoms with E-state index in [1.54, 1.807) is 6.07 Å². The van der Waals surface area contributed by atoms with Gasteiger partial charge in [0.1, 0.15) is 11.3 Å². The molecule has 5 heteroatoms. The zero-order chi connectivity index (χ0) is 9.84. The Hall–Kier alpha value is -1.42. The van der Waals surface area contributed by atoms with Crippen LogP contribution in [0.3, 0.4) is 0 Å². The molecule has 0 N–H and O–H groups in total. The van der Waals surface area contributed by atoms with Crippen LogP contribution in [-0.4, -0.2) is 11.2 Å². The molecule has 0 aromatic heterocycles. The predicted octanol–water partition coefficient (Wildman–Crippen LogP) is 1.99. The third kappa shape index (κ3) is 2.26. The molecule has 1 aromatic carbocycles. The molecule has 0 aliphatic heterocycles. The zero-order valence-corrected chi connectivity index (χ0v) is 7.32. The zero-order valence-electron chi connectivity index (χ0n) is 6.57. The molecular weight excluding hydrogens is 194 g/mol. The Morgan fingerprint density at radius 1 is 1.54 bits per heavy atom. The van der Waals surface area contributed by atoms with Crippen molar-refractivity contribution in [2.75, 3.05) is 0 Å². The normalized spacial score (nSPS) is 9.62. The summed E-state index contributed by atoms with van der Waals surface area (Å²) in [4.78, 5) is 20.0. The van der Waals surface area contributed by atoms with Crippen molar-refractivity contribution < 1.29 is 9.72 Å². The molecular formula is C8H6ClNO3. The molecule has 0 aliphatic carbocycles. The van der Waals surface area contributed by atoms with Crippen LogP contribution < -0.4 is 0 Å². The summed E-state index contributed by atoms with van der Waals surface area (Å²) in [6.07, 6.45) is 0.852. The summed E-state index contributed by atoms with van der Waals surface area (Å²) in [5, 5.41) is 10.5.